The van der Waals surface area contributed by atoms with Crippen molar-refractivity contribution < 1.29 is 14.6 Å². The molecule has 0 heterocycles. The van der Waals surface area contributed by atoms with Gasteiger partial charge in [0.05, 0.1) is 14.2 Å². The molecule has 0 bridgehead atoms. The highest BCUT2D eigenvalue weighted by Crippen LogP contribution is 2.36. The smallest absolute Gasteiger partial charge is 0.200 e. The van der Waals surface area contributed by atoms with E-state index in [1.165, 1.54) is 14.2 Å². The predicted molar refractivity (Wildman–Crippen MR) is 61.7 cm³/mol. The van der Waals surface area contributed by atoms with Gasteiger partial charge in [-0.2, -0.15) is 0 Å². The molecule has 0 unspecified atom stereocenters. The van der Waals surface area contributed by atoms with Gasteiger partial charge < -0.3 is 14.6 Å². The monoisotopic (exact) mass is 226 g/mol. The van der Waals surface area contributed by atoms with Crippen LogP contribution in [0.5, 0.6) is 17.2 Å². The van der Waals surface area contributed by atoms with E-state index in [9.17, 15) is 5.11 Å². The van der Waals surface area contributed by atoms with Gasteiger partial charge in [-0.1, -0.05) is 0 Å². The first kappa shape index (κ1) is 12.6. The summed E-state index contributed by atoms with van der Waals surface area (Å²) in [6.07, 6.45) is 0. The van der Waals surface area contributed by atoms with Crippen LogP contribution in [0.25, 0.3) is 0 Å². The molecule has 5 heteroatoms. The highest BCUT2D eigenvalue weighted by molar-refractivity contribution is 5.52. The second kappa shape index (κ2) is 5.58. The largest absolute Gasteiger partial charge is 0.502 e. The minimum atomic E-state index is 0.0265. The zero-order valence-corrected chi connectivity index (χ0v) is 10.1. The van der Waals surface area contributed by atoms with Crippen molar-refractivity contribution >= 4 is 0 Å². The lowest BCUT2D eigenvalue weighted by molar-refractivity contribution is 0.284. The Labute approximate surface area is 95.6 Å². The zero-order chi connectivity index (χ0) is 12.1. The van der Waals surface area contributed by atoms with E-state index in [0.717, 1.165) is 5.56 Å². The number of ether oxygens (including phenoxy) is 2. The van der Waals surface area contributed by atoms with E-state index in [4.69, 9.17) is 9.47 Å². The van der Waals surface area contributed by atoms with E-state index in [2.05, 4.69) is 5.43 Å². The van der Waals surface area contributed by atoms with Gasteiger partial charge in [0.1, 0.15) is 0 Å². The predicted octanol–water partition coefficient (Wildman–Crippen LogP) is 0.976. The summed E-state index contributed by atoms with van der Waals surface area (Å²) in [4.78, 5) is 0. The molecule has 0 atom stereocenters. The summed E-state index contributed by atoms with van der Waals surface area (Å²) in [6, 6.07) is 3.54. The SMILES string of the molecule is COc1cc(CNN(C)C)cc(OC)c1O. The molecule has 0 fully saturated rings. The molecular formula is C11H18N2O3. The van der Waals surface area contributed by atoms with Crippen LogP contribution in [-0.2, 0) is 6.54 Å². The first-order chi connectivity index (χ1) is 7.58. The minimum Gasteiger partial charge on any atom is -0.502 e. The molecule has 1 aromatic rings. The van der Waals surface area contributed by atoms with Crippen LogP contribution < -0.4 is 14.9 Å². The highest BCUT2D eigenvalue weighted by atomic mass is 16.5. The Kier molecular flexibility index (Phi) is 4.39. The fourth-order valence-corrected chi connectivity index (χ4v) is 1.30. The van der Waals surface area contributed by atoms with Crippen LogP contribution in [0.4, 0.5) is 0 Å². The molecule has 5 nitrogen and oxygen atoms in total. The fourth-order valence-electron chi connectivity index (χ4n) is 1.30. The third-order valence-electron chi connectivity index (χ3n) is 2.14. The third kappa shape index (κ3) is 3.01. The van der Waals surface area contributed by atoms with Gasteiger partial charge in [0.25, 0.3) is 0 Å². The van der Waals surface area contributed by atoms with Gasteiger partial charge >= 0.3 is 0 Å². The van der Waals surface area contributed by atoms with Gasteiger partial charge in [-0.3, -0.25) is 10.4 Å². The number of hydrogen-bond donors (Lipinski definition) is 2. The number of rotatable bonds is 5. The number of nitrogens with zero attached hydrogens (tertiary/aromatic N) is 1. The van der Waals surface area contributed by atoms with E-state index < -0.39 is 0 Å². The molecule has 0 saturated heterocycles. The highest BCUT2D eigenvalue weighted by Gasteiger charge is 2.10. The molecule has 0 aliphatic rings. The molecule has 0 aliphatic carbocycles. The average Bonchev–Trinajstić information content (AvgIpc) is 2.27. The second-order valence-electron chi connectivity index (χ2n) is 3.58. The van der Waals surface area contributed by atoms with Gasteiger partial charge in [-0.25, -0.2) is 0 Å². The lowest BCUT2D eigenvalue weighted by Crippen LogP contribution is -2.29. The molecule has 1 rings (SSSR count). The van der Waals surface area contributed by atoms with Gasteiger partial charge in [0.2, 0.25) is 5.75 Å². The number of hydrogen-bond acceptors (Lipinski definition) is 5. The number of benzene rings is 1. The number of aromatic hydroxyl groups is 1. The van der Waals surface area contributed by atoms with E-state index in [1.54, 1.807) is 12.1 Å². The molecule has 0 amide bonds. The second-order valence-corrected chi connectivity index (χ2v) is 3.58. The Morgan fingerprint density at radius 3 is 2.06 bits per heavy atom. The van der Waals surface area contributed by atoms with Crippen LogP contribution in [0.15, 0.2) is 12.1 Å². The van der Waals surface area contributed by atoms with Crippen molar-refractivity contribution in [1.82, 2.24) is 10.4 Å². The Balaban J connectivity index is 2.93. The van der Waals surface area contributed by atoms with Crippen molar-refractivity contribution in [2.24, 2.45) is 0 Å². The molecule has 0 aliphatic heterocycles. The van der Waals surface area contributed by atoms with Crippen molar-refractivity contribution in [3.8, 4) is 17.2 Å². The van der Waals surface area contributed by atoms with Crippen molar-refractivity contribution in [3.63, 3.8) is 0 Å². The molecule has 16 heavy (non-hydrogen) atoms. The Morgan fingerprint density at radius 2 is 1.69 bits per heavy atom. The quantitative estimate of drug-likeness (QED) is 0.733. The standard InChI is InChI=1S/C11H18N2O3/c1-13(2)12-7-8-5-9(15-3)11(14)10(6-8)16-4/h5-6,12,14H,7H2,1-4H3. The first-order valence-corrected chi connectivity index (χ1v) is 4.93. The molecule has 90 valence electrons. The van der Waals surface area contributed by atoms with Gasteiger partial charge in [-0.05, 0) is 17.7 Å². The number of phenolic OH excluding ortho intramolecular Hbond substituents is 1. The normalized spacial score (nSPS) is 10.6. The molecular weight excluding hydrogens is 208 g/mol. The fraction of sp³-hybridized carbons (Fsp3) is 0.455. The van der Waals surface area contributed by atoms with Crippen LogP contribution in [0.3, 0.4) is 0 Å². The van der Waals surface area contributed by atoms with Crippen LogP contribution in [0.1, 0.15) is 5.56 Å². The maximum Gasteiger partial charge on any atom is 0.200 e. The molecule has 2 N–H and O–H groups in total. The molecule has 0 spiro atoms. The zero-order valence-electron chi connectivity index (χ0n) is 10.1. The molecule has 0 saturated carbocycles. The van der Waals surface area contributed by atoms with Crippen molar-refractivity contribution in [2.75, 3.05) is 28.3 Å². The topological polar surface area (TPSA) is 54.0 Å². The lowest BCUT2D eigenvalue weighted by Gasteiger charge is -2.14. The maximum absolute atomic E-state index is 9.71. The molecule has 1 aromatic carbocycles. The van der Waals surface area contributed by atoms with E-state index in [0.29, 0.717) is 18.0 Å². The minimum absolute atomic E-state index is 0.0265. The maximum atomic E-state index is 9.71. The van der Waals surface area contributed by atoms with E-state index in [1.807, 2.05) is 19.1 Å². The molecule has 0 aromatic heterocycles. The Bertz CT molecular complexity index is 328. The summed E-state index contributed by atoms with van der Waals surface area (Å²) in [6.45, 7) is 0.639. The first-order valence-electron chi connectivity index (χ1n) is 4.93. The number of hydrazine groups is 1. The van der Waals surface area contributed by atoms with E-state index in [-0.39, 0.29) is 5.75 Å². The van der Waals surface area contributed by atoms with Crippen molar-refractivity contribution in [3.05, 3.63) is 17.7 Å². The number of nitrogens with one attached hydrogen (secondary N) is 1. The lowest BCUT2D eigenvalue weighted by atomic mass is 10.2. The van der Waals surface area contributed by atoms with Crippen LogP contribution in [0.2, 0.25) is 0 Å². The van der Waals surface area contributed by atoms with Gasteiger partial charge in [0.15, 0.2) is 11.5 Å². The Morgan fingerprint density at radius 1 is 1.19 bits per heavy atom. The van der Waals surface area contributed by atoms with E-state index >= 15 is 0 Å². The summed E-state index contributed by atoms with van der Waals surface area (Å²) in [7, 11) is 6.85. The van der Waals surface area contributed by atoms with Crippen LogP contribution >= 0.6 is 0 Å². The number of phenols is 1. The Hall–Kier alpha value is -1.46. The summed E-state index contributed by atoms with van der Waals surface area (Å²) in [5.41, 5.74) is 4.10. The summed E-state index contributed by atoms with van der Waals surface area (Å²) < 4.78 is 10.1. The molecule has 0 radical (unpaired) electrons. The van der Waals surface area contributed by atoms with Gasteiger partial charge in [0, 0.05) is 20.6 Å². The van der Waals surface area contributed by atoms with Gasteiger partial charge in [-0.15, -0.1) is 0 Å². The summed E-state index contributed by atoms with van der Waals surface area (Å²) in [5.74, 6) is 0.850. The summed E-state index contributed by atoms with van der Waals surface area (Å²) >= 11 is 0. The number of methoxy groups -OCH3 is 2. The third-order valence-corrected chi connectivity index (χ3v) is 2.14. The summed E-state index contributed by atoms with van der Waals surface area (Å²) in [5, 5.41) is 11.6. The average molecular weight is 226 g/mol. The van der Waals surface area contributed by atoms with Crippen LogP contribution in [-0.4, -0.2) is 38.4 Å². The van der Waals surface area contributed by atoms with Crippen molar-refractivity contribution in [2.45, 2.75) is 6.54 Å². The van der Waals surface area contributed by atoms with Crippen LogP contribution in [0, 0.1) is 0 Å². The van der Waals surface area contributed by atoms with Crippen molar-refractivity contribution in [1.29, 1.82) is 0 Å².